The second kappa shape index (κ2) is 6.37. The normalized spacial score (nSPS) is 10.3. The Labute approximate surface area is 127 Å². The molecular formula is C16H15N3OS. The van der Waals surface area contributed by atoms with Crippen LogP contribution < -0.4 is 10.1 Å². The van der Waals surface area contributed by atoms with E-state index in [1.165, 1.54) is 11.5 Å². The maximum atomic E-state index is 5.94. The summed E-state index contributed by atoms with van der Waals surface area (Å²) in [6, 6.07) is 18.2. The van der Waals surface area contributed by atoms with Crippen molar-refractivity contribution < 1.29 is 4.74 Å². The van der Waals surface area contributed by atoms with E-state index in [4.69, 9.17) is 4.74 Å². The molecule has 0 spiro atoms. The highest BCUT2D eigenvalue weighted by Crippen LogP contribution is 2.30. The van der Waals surface area contributed by atoms with Crippen molar-refractivity contribution in [3.8, 4) is 16.9 Å². The third-order valence-corrected chi connectivity index (χ3v) is 3.90. The van der Waals surface area contributed by atoms with E-state index in [0.29, 0.717) is 6.61 Å². The summed E-state index contributed by atoms with van der Waals surface area (Å²) in [4.78, 5) is 0. The lowest BCUT2D eigenvalue weighted by Gasteiger charge is -2.11. The van der Waals surface area contributed by atoms with E-state index in [9.17, 15) is 0 Å². The summed E-state index contributed by atoms with van der Waals surface area (Å²) in [5.41, 5.74) is 3.04. The monoisotopic (exact) mass is 297 g/mol. The van der Waals surface area contributed by atoms with Crippen LogP contribution in [-0.2, 0) is 6.61 Å². The largest absolute Gasteiger partial charge is 0.486 e. The van der Waals surface area contributed by atoms with Crippen molar-refractivity contribution in [1.82, 2.24) is 9.59 Å². The molecule has 3 aromatic rings. The summed E-state index contributed by atoms with van der Waals surface area (Å²) >= 11 is 1.33. The molecule has 0 aliphatic heterocycles. The highest BCUT2D eigenvalue weighted by molar-refractivity contribution is 7.10. The number of nitrogens with one attached hydrogen (secondary N) is 1. The Hall–Kier alpha value is -2.40. The van der Waals surface area contributed by atoms with E-state index in [-0.39, 0.29) is 0 Å². The van der Waals surface area contributed by atoms with Gasteiger partial charge in [0.25, 0.3) is 0 Å². The molecule has 1 N–H and O–H groups in total. The Morgan fingerprint density at radius 1 is 1.05 bits per heavy atom. The zero-order valence-electron chi connectivity index (χ0n) is 11.6. The number of benzene rings is 2. The standard InChI is InChI=1S/C16H15N3OS/c1-17-16-14(18-19-21-16)11-20-15-10-6-5-9-13(15)12-7-3-2-4-8-12/h2-10,17H,11H2,1H3. The first-order valence-corrected chi connectivity index (χ1v) is 7.42. The highest BCUT2D eigenvalue weighted by atomic mass is 32.1. The average Bonchev–Trinajstić information content (AvgIpc) is 3.01. The number of rotatable bonds is 5. The fourth-order valence-corrected chi connectivity index (χ4v) is 2.61. The Morgan fingerprint density at radius 2 is 1.81 bits per heavy atom. The number of aromatic nitrogens is 2. The fraction of sp³-hybridized carbons (Fsp3) is 0.125. The van der Waals surface area contributed by atoms with Gasteiger partial charge in [0, 0.05) is 24.1 Å². The molecule has 5 heteroatoms. The van der Waals surface area contributed by atoms with Gasteiger partial charge in [-0.3, -0.25) is 0 Å². The lowest BCUT2D eigenvalue weighted by molar-refractivity contribution is 0.303. The Balaban J connectivity index is 1.83. The molecule has 0 radical (unpaired) electrons. The summed E-state index contributed by atoms with van der Waals surface area (Å²) in [7, 11) is 1.86. The van der Waals surface area contributed by atoms with Crippen molar-refractivity contribution in [2.45, 2.75) is 6.61 Å². The summed E-state index contributed by atoms with van der Waals surface area (Å²) < 4.78 is 9.88. The topological polar surface area (TPSA) is 47.0 Å². The van der Waals surface area contributed by atoms with Gasteiger partial charge in [-0.2, -0.15) is 0 Å². The number of hydrogen-bond donors (Lipinski definition) is 1. The summed E-state index contributed by atoms with van der Waals surface area (Å²) in [5.74, 6) is 0.846. The molecule has 4 nitrogen and oxygen atoms in total. The van der Waals surface area contributed by atoms with Crippen molar-refractivity contribution in [2.24, 2.45) is 0 Å². The molecular weight excluding hydrogens is 282 g/mol. The predicted molar refractivity (Wildman–Crippen MR) is 85.7 cm³/mol. The molecule has 0 aliphatic carbocycles. The second-order valence-corrected chi connectivity index (χ2v) is 5.20. The minimum Gasteiger partial charge on any atom is -0.486 e. The van der Waals surface area contributed by atoms with Crippen LogP contribution in [0.4, 0.5) is 5.00 Å². The lowest BCUT2D eigenvalue weighted by atomic mass is 10.1. The van der Waals surface area contributed by atoms with Gasteiger partial charge in [0.2, 0.25) is 0 Å². The van der Waals surface area contributed by atoms with Crippen molar-refractivity contribution in [2.75, 3.05) is 12.4 Å². The number of anilines is 1. The third-order valence-electron chi connectivity index (χ3n) is 3.12. The predicted octanol–water partition coefficient (Wildman–Crippen LogP) is 3.83. The maximum Gasteiger partial charge on any atom is 0.136 e. The fourth-order valence-electron chi connectivity index (χ4n) is 2.09. The summed E-state index contributed by atoms with van der Waals surface area (Å²) in [6.45, 7) is 0.399. The summed E-state index contributed by atoms with van der Waals surface area (Å²) in [6.07, 6.45) is 0. The van der Waals surface area contributed by atoms with Crippen LogP contribution in [0, 0.1) is 0 Å². The molecule has 0 amide bonds. The molecule has 0 saturated carbocycles. The molecule has 0 unspecified atom stereocenters. The molecule has 0 atom stereocenters. The van der Waals surface area contributed by atoms with Gasteiger partial charge in [-0.25, -0.2) is 0 Å². The molecule has 3 rings (SSSR count). The molecule has 0 bridgehead atoms. The van der Waals surface area contributed by atoms with Gasteiger partial charge in [0.15, 0.2) is 0 Å². The average molecular weight is 297 g/mol. The molecule has 1 heterocycles. The molecule has 0 fully saturated rings. The van der Waals surface area contributed by atoms with Crippen LogP contribution in [0.3, 0.4) is 0 Å². The van der Waals surface area contributed by atoms with Crippen LogP contribution in [0.5, 0.6) is 5.75 Å². The van der Waals surface area contributed by atoms with E-state index < -0.39 is 0 Å². The second-order valence-electron chi connectivity index (χ2n) is 4.45. The number of hydrogen-bond acceptors (Lipinski definition) is 5. The van der Waals surface area contributed by atoms with Crippen molar-refractivity contribution in [3.63, 3.8) is 0 Å². The van der Waals surface area contributed by atoms with Gasteiger partial charge in [-0.15, -0.1) is 5.10 Å². The Kier molecular flexibility index (Phi) is 4.12. The molecule has 106 valence electrons. The van der Waals surface area contributed by atoms with E-state index >= 15 is 0 Å². The van der Waals surface area contributed by atoms with Gasteiger partial charge in [-0.05, 0) is 11.6 Å². The first-order chi connectivity index (χ1) is 10.4. The minimum absolute atomic E-state index is 0.399. The van der Waals surface area contributed by atoms with E-state index in [1.807, 2.05) is 43.4 Å². The zero-order valence-corrected chi connectivity index (χ0v) is 12.4. The minimum atomic E-state index is 0.399. The lowest BCUT2D eigenvalue weighted by Crippen LogP contribution is -2.00. The highest BCUT2D eigenvalue weighted by Gasteiger charge is 2.09. The van der Waals surface area contributed by atoms with Crippen LogP contribution in [0.15, 0.2) is 54.6 Å². The van der Waals surface area contributed by atoms with Crippen molar-refractivity contribution >= 4 is 16.5 Å². The van der Waals surface area contributed by atoms with E-state index in [2.05, 4.69) is 33.1 Å². The molecule has 0 aliphatic rings. The quantitative estimate of drug-likeness (QED) is 0.777. The molecule has 2 aromatic carbocycles. The van der Waals surface area contributed by atoms with E-state index in [0.717, 1.165) is 27.6 Å². The van der Waals surface area contributed by atoms with Crippen LogP contribution in [0.1, 0.15) is 5.69 Å². The molecule has 0 saturated heterocycles. The smallest absolute Gasteiger partial charge is 0.136 e. The van der Waals surface area contributed by atoms with Gasteiger partial charge in [-0.1, -0.05) is 53.0 Å². The first kappa shape index (κ1) is 13.6. The molecule has 1 aromatic heterocycles. The maximum absolute atomic E-state index is 5.94. The van der Waals surface area contributed by atoms with Gasteiger partial charge < -0.3 is 10.1 Å². The number of ether oxygens (including phenoxy) is 1. The SMILES string of the molecule is CNc1snnc1COc1ccccc1-c1ccccc1. The van der Waals surface area contributed by atoms with Crippen LogP contribution in [-0.4, -0.2) is 16.6 Å². The third kappa shape index (κ3) is 3.03. The number of nitrogens with zero attached hydrogens (tertiary/aromatic N) is 2. The number of para-hydroxylation sites is 1. The van der Waals surface area contributed by atoms with Gasteiger partial charge in [0.05, 0.1) is 0 Å². The van der Waals surface area contributed by atoms with Crippen LogP contribution in [0.2, 0.25) is 0 Å². The first-order valence-electron chi connectivity index (χ1n) is 6.64. The van der Waals surface area contributed by atoms with Crippen molar-refractivity contribution in [1.29, 1.82) is 0 Å². The van der Waals surface area contributed by atoms with Crippen LogP contribution in [0.25, 0.3) is 11.1 Å². The van der Waals surface area contributed by atoms with Gasteiger partial charge in [0.1, 0.15) is 23.1 Å². The molecule has 21 heavy (non-hydrogen) atoms. The van der Waals surface area contributed by atoms with Crippen LogP contribution >= 0.6 is 11.5 Å². The zero-order chi connectivity index (χ0) is 14.5. The summed E-state index contributed by atoms with van der Waals surface area (Å²) in [5, 5.41) is 8.09. The van der Waals surface area contributed by atoms with Gasteiger partial charge >= 0.3 is 0 Å². The Morgan fingerprint density at radius 3 is 2.62 bits per heavy atom. The van der Waals surface area contributed by atoms with Crippen molar-refractivity contribution in [3.05, 3.63) is 60.3 Å². The van der Waals surface area contributed by atoms with E-state index in [1.54, 1.807) is 0 Å². The Bertz CT molecular complexity index is 712.